The fraction of sp³-hybridized carbons (Fsp3) is 0.500. The Hall–Kier alpha value is -2.98. The van der Waals surface area contributed by atoms with Crippen molar-refractivity contribution in [3.8, 4) is 11.5 Å². The smallest absolute Gasteiger partial charge is 0.471 e. The fourth-order valence-corrected chi connectivity index (χ4v) is 2.89. The van der Waals surface area contributed by atoms with E-state index in [1.165, 1.54) is 6.92 Å². The van der Waals surface area contributed by atoms with Crippen LogP contribution in [0.3, 0.4) is 0 Å². The first-order valence-electron chi connectivity index (χ1n) is 8.69. The van der Waals surface area contributed by atoms with Crippen LogP contribution in [-0.4, -0.2) is 53.3 Å². The molecule has 1 aromatic rings. The standard InChI is InChI=1S/C18H21F3N2O6/c1-9(23(2)17(27)18(19,20)21)5-10-3-4-12-13(6-10)29-15(28-12)8-11(16(22)26)7-14(24)25/h3-4,6,9,11,15H,5,7-8H2,1-2H3,(H2,22,26)(H,24,25). The van der Waals surface area contributed by atoms with Crippen molar-refractivity contribution in [2.75, 3.05) is 7.05 Å². The third-order valence-corrected chi connectivity index (χ3v) is 4.58. The van der Waals surface area contributed by atoms with Crippen molar-refractivity contribution in [1.29, 1.82) is 0 Å². The molecule has 0 spiro atoms. The summed E-state index contributed by atoms with van der Waals surface area (Å²) in [6, 6.07) is 4.01. The lowest BCUT2D eigenvalue weighted by molar-refractivity contribution is -0.185. The highest BCUT2D eigenvalue weighted by Crippen LogP contribution is 2.37. The number of nitrogens with zero attached hydrogens (tertiary/aromatic N) is 1. The Kier molecular flexibility index (Phi) is 6.60. The summed E-state index contributed by atoms with van der Waals surface area (Å²) in [4.78, 5) is 34.2. The first kappa shape index (κ1) is 22.3. The Morgan fingerprint density at radius 3 is 2.41 bits per heavy atom. The number of fused-ring (bicyclic) bond motifs is 1. The number of aliphatic carboxylic acids is 1. The molecule has 3 N–H and O–H groups in total. The van der Waals surface area contributed by atoms with Crippen LogP contribution in [0.4, 0.5) is 13.2 Å². The Balaban J connectivity index is 2.02. The third kappa shape index (κ3) is 5.75. The summed E-state index contributed by atoms with van der Waals surface area (Å²) in [6.07, 6.45) is -6.24. The van der Waals surface area contributed by atoms with Crippen molar-refractivity contribution in [2.24, 2.45) is 11.7 Å². The molecule has 0 aromatic heterocycles. The first-order chi connectivity index (χ1) is 13.4. The second kappa shape index (κ2) is 8.58. The van der Waals surface area contributed by atoms with Crippen molar-refractivity contribution >= 4 is 17.8 Å². The molecule has 1 heterocycles. The number of hydrogen-bond donors (Lipinski definition) is 2. The van der Waals surface area contributed by atoms with Gasteiger partial charge in [-0.25, -0.2) is 0 Å². The molecule has 0 saturated carbocycles. The van der Waals surface area contributed by atoms with Gasteiger partial charge in [0, 0.05) is 19.5 Å². The number of benzene rings is 1. The second-order valence-corrected chi connectivity index (χ2v) is 6.85. The number of primary amides is 1. The van der Waals surface area contributed by atoms with Crippen molar-refractivity contribution in [3.05, 3.63) is 23.8 Å². The first-order valence-corrected chi connectivity index (χ1v) is 8.69. The number of nitrogens with two attached hydrogens (primary N) is 1. The summed E-state index contributed by atoms with van der Waals surface area (Å²) >= 11 is 0. The fourth-order valence-electron chi connectivity index (χ4n) is 2.89. The van der Waals surface area contributed by atoms with Gasteiger partial charge in [0.25, 0.3) is 0 Å². The highest BCUT2D eigenvalue weighted by Gasteiger charge is 2.42. The van der Waals surface area contributed by atoms with Gasteiger partial charge in [-0.15, -0.1) is 0 Å². The molecule has 0 fully saturated rings. The number of rotatable bonds is 8. The average Bonchev–Trinajstić information content (AvgIpc) is 3.00. The Morgan fingerprint density at radius 1 is 1.24 bits per heavy atom. The van der Waals surface area contributed by atoms with Gasteiger partial charge < -0.3 is 25.2 Å². The van der Waals surface area contributed by atoms with E-state index in [2.05, 4.69) is 0 Å². The second-order valence-electron chi connectivity index (χ2n) is 6.85. The minimum absolute atomic E-state index is 0.0646. The lowest BCUT2D eigenvalue weighted by atomic mass is 10.0. The summed E-state index contributed by atoms with van der Waals surface area (Å²) in [6.45, 7) is 1.49. The monoisotopic (exact) mass is 418 g/mol. The molecule has 8 nitrogen and oxygen atoms in total. The van der Waals surface area contributed by atoms with E-state index in [4.69, 9.17) is 20.3 Å². The van der Waals surface area contributed by atoms with Crippen LogP contribution in [0.1, 0.15) is 25.3 Å². The molecule has 29 heavy (non-hydrogen) atoms. The van der Waals surface area contributed by atoms with Crippen molar-refractivity contribution in [3.63, 3.8) is 0 Å². The Bertz CT molecular complexity index is 798. The predicted molar refractivity (Wildman–Crippen MR) is 93.0 cm³/mol. The van der Waals surface area contributed by atoms with Gasteiger partial charge in [-0.05, 0) is 31.0 Å². The van der Waals surface area contributed by atoms with E-state index in [0.717, 1.165) is 7.05 Å². The SMILES string of the molecule is CC(Cc1ccc2c(c1)OC(CC(CC(=O)O)C(N)=O)O2)N(C)C(=O)C(F)(F)F. The maximum Gasteiger partial charge on any atom is 0.471 e. The molecule has 0 bridgehead atoms. The molecule has 3 atom stereocenters. The number of ether oxygens (including phenoxy) is 2. The molecule has 3 unspecified atom stereocenters. The van der Waals surface area contributed by atoms with Gasteiger partial charge in [0.2, 0.25) is 12.2 Å². The molecule has 1 aromatic carbocycles. The molecule has 0 saturated heterocycles. The molecule has 0 radical (unpaired) electrons. The number of hydrogen-bond acceptors (Lipinski definition) is 5. The summed E-state index contributed by atoms with van der Waals surface area (Å²) in [5, 5.41) is 8.85. The number of alkyl halides is 3. The van der Waals surface area contributed by atoms with Crippen LogP contribution in [-0.2, 0) is 20.8 Å². The van der Waals surface area contributed by atoms with Crippen LogP contribution in [0.25, 0.3) is 0 Å². The Labute approximate surface area is 164 Å². The van der Waals surface area contributed by atoms with Gasteiger partial charge in [0.15, 0.2) is 11.5 Å². The predicted octanol–water partition coefficient (Wildman–Crippen LogP) is 1.70. The molecule has 1 aliphatic heterocycles. The van der Waals surface area contributed by atoms with Crippen LogP contribution >= 0.6 is 0 Å². The van der Waals surface area contributed by atoms with Gasteiger partial charge in [0.05, 0.1) is 12.3 Å². The van der Waals surface area contributed by atoms with E-state index in [1.807, 2.05) is 0 Å². The van der Waals surface area contributed by atoms with Gasteiger partial charge in [-0.2, -0.15) is 13.2 Å². The quantitative estimate of drug-likeness (QED) is 0.663. The zero-order chi connectivity index (χ0) is 21.9. The summed E-state index contributed by atoms with van der Waals surface area (Å²) in [5.74, 6) is -4.22. The maximum absolute atomic E-state index is 12.6. The zero-order valence-corrected chi connectivity index (χ0v) is 15.7. The molecule has 2 rings (SSSR count). The van der Waals surface area contributed by atoms with Crippen LogP contribution in [0.15, 0.2) is 18.2 Å². The van der Waals surface area contributed by atoms with Crippen LogP contribution in [0.2, 0.25) is 0 Å². The average molecular weight is 418 g/mol. The molecular weight excluding hydrogens is 397 g/mol. The van der Waals surface area contributed by atoms with Gasteiger partial charge in [0.1, 0.15) is 0 Å². The number of carboxylic acid groups (broad SMARTS) is 1. The number of carbonyl (C=O) groups excluding carboxylic acids is 2. The Morgan fingerprint density at radius 2 is 1.86 bits per heavy atom. The molecular formula is C18H21F3N2O6. The van der Waals surface area contributed by atoms with Crippen LogP contribution < -0.4 is 15.2 Å². The van der Waals surface area contributed by atoms with E-state index in [0.29, 0.717) is 22.0 Å². The number of likely N-dealkylation sites (N-methyl/N-ethyl adjacent to an activating group) is 1. The van der Waals surface area contributed by atoms with Gasteiger partial charge in [-0.1, -0.05) is 6.07 Å². The highest BCUT2D eigenvalue weighted by molar-refractivity contribution is 5.82. The highest BCUT2D eigenvalue weighted by atomic mass is 19.4. The van der Waals surface area contributed by atoms with Crippen molar-refractivity contribution in [1.82, 2.24) is 4.90 Å². The van der Waals surface area contributed by atoms with Crippen LogP contribution in [0.5, 0.6) is 11.5 Å². The summed E-state index contributed by atoms with van der Waals surface area (Å²) in [5.41, 5.74) is 5.82. The number of halogens is 3. The third-order valence-electron chi connectivity index (χ3n) is 4.58. The van der Waals surface area contributed by atoms with E-state index >= 15 is 0 Å². The van der Waals surface area contributed by atoms with E-state index < -0.39 is 48.6 Å². The van der Waals surface area contributed by atoms with E-state index in [1.54, 1.807) is 18.2 Å². The molecule has 160 valence electrons. The lowest BCUT2D eigenvalue weighted by Gasteiger charge is -2.25. The molecule has 2 amide bonds. The van der Waals surface area contributed by atoms with E-state index in [-0.39, 0.29) is 12.8 Å². The number of amides is 2. The number of carboxylic acids is 1. The maximum atomic E-state index is 12.6. The largest absolute Gasteiger partial charge is 0.481 e. The lowest BCUT2D eigenvalue weighted by Crippen LogP contribution is -2.44. The molecule has 11 heteroatoms. The minimum Gasteiger partial charge on any atom is -0.481 e. The molecule has 1 aliphatic rings. The van der Waals surface area contributed by atoms with Crippen molar-refractivity contribution in [2.45, 2.75) is 44.7 Å². The normalized spacial score (nSPS) is 17.5. The van der Waals surface area contributed by atoms with Crippen molar-refractivity contribution < 1.29 is 42.1 Å². The summed E-state index contributed by atoms with van der Waals surface area (Å²) in [7, 11) is 1.08. The van der Waals surface area contributed by atoms with Gasteiger partial charge >= 0.3 is 18.1 Å². The van der Waals surface area contributed by atoms with Crippen LogP contribution in [0, 0.1) is 5.92 Å². The topological polar surface area (TPSA) is 119 Å². The van der Waals surface area contributed by atoms with Gasteiger partial charge in [-0.3, -0.25) is 14.4 Å². The van der Waals surface area contributed by atoms with E-state index in [9.17, 15) is 27.6 Å². The minimum atomic E-state index is -4.95. The molecule has 0 aliphatic carbocycles. The zero-order valence-electron chi connectivity index (χ0n) is 15.7. The summed E-state index contributed by atoms with van der Waals surface area (Å²) < 4.78 is 48.8. The number of carbonyl (C=O) groups is 3.